The van der Waals surface area contributed by atoms with Gasteiger partial charge in [0.15, 0.2) is 0 Å². The molecule has 1 saturated carbocycles. The van der Waals surface area contributed by atoms with Crippen LogP contribution in [0.5, 0.6) is 5.75 Å². The lowest BCUT2D eigenvalue weighted by Gasteiger charge is -2.40. The zero-order valence-corrected chi connectivity index (χ0v) is 12.4. The summed E-state index contributed by atoms with van der Waals surface area (Å²) in [5, 5.41) is 0.0342. The van der Waals surface area contributed by atoms with Gasteiger partial charge < -0.3 is 18.9 Å². The van der Waals surface area contributed by atoms with Crippen LogP contribution in [-0.4, -0.2) is 51.1 Å². The molecule has 0 heterocycles. The fraction of sp³-hybridized carbons (Fsp3) is 0.600. The van der Waals surface area contributed by atoms with Gasteiger partial charge in [0.05, 0.1) is 31.3 Å². The summed E-state index contributed by atoms with van der Waals surface area (Å²) in [6.45, 7) is 2.18. The van der Waals surface area contributed by atoms with Crippen molar-refractivity contribution < 1.29 is 18.9 Å². The highest BCUT2D eigenvalue weighted by Crippen LogP contribution is 2.31. The molecule has 1 aliphatic carbocycles. The van der Waals surface area contributed by atoms with E-state index < -0.39 is 0 Å². The van der Waals surface area contributed by atoms with Crippen molar-refractivity contribution in [2.24, 2.45) is 0 Å². The SMILES string of the molecule is COCCOC1C(Cl)CC1OCCOc1ccccc1. The van der Waals surface area contributed by atoms with Crippen molar-refractivity contribution in [2.45, 2.75) is 24.0 Å². The third kappa shape index (κ3) is 4.63. The van der Waals surface area contributed by atoms with E-state index in [1.807, 2.05) is 30.3 Å². The number of halogens is 1. The zero-order valence-electron chi connectivity index (χ0n) is 11.7. The van der Waals surface area contributed by atoms with Gasteiger partial charge in [0.2, 0.25) is 0 Å². The van der Waals surface area contributed by atoms with Crippen LogP contribution < -0.4 is 4.74 Å². The summed E-state index contributed by atoms with van der Waals surface area (Å²) in [4.78, 5) is 0. The van der Waals surface area contributed by atoms with E-state index in [2.05, 4.69) is 0 Å². The van der Waals surface area contributed by atoms with Crippen LogP contribution in [0.3, 0.4) is 0 Å². The summed E-state index contributed by atoms with van der Waals surface area (Å²) in [6, 6.07) is 9.70. The molecule has 0 aliphatic heterocycles. The Hall–Kier alpha value is -0.810. The number of hydrogen-bond donors (Lipinski definition) is 0. The fourth-order valence-electron chi connectivity index (χ4n) is 2.05. The van der Waals surface area contributed by atoms with Crippen molar-refractivity contribution in [1.29, 1.82) is 0 Å². The minimum Gasteiger partial charge on any atom is -0.491 e. The van der Waals surface area contributed by atoms with Crippen LogP contribution in [0.4, 0.5) is 0 Å². The van der Waals surface area contributed by atoms with Gasteiger partial charge >= 0.3 is 0 Å². The van der Waals surface area contributed by atoms with Crippen LogP contribution >= 0.6 is 11.6 Å². The molecule has 2 rings (SSSR count). The highest BCUT2D eigenvalue weighted by atomic mass is 35.5. The number of para-hydroxylation sites is 1. The molecule has 0 radical (unpaired) electrons. The lowest BCUT2D eigenvalue weighted by Crippen LogP contribution is -2.51. The van der Waals surface area contributed by atoms with Crippen molar-refractivity contribution in [1.82, 2.24) is 0 Å². The largest absolute Gasteiger partial charge is 0.491 e. The van der Waals surface area contributed by atoms with E-state index in [1.54, 1.807) is 7.11 Å². The highest BCUT2D eigenvalue weighted by molar-refractivity contribution is 6.21. The molecule has 1 fully saturated rings. The first-order valence-corrected chi connectivity index (χ1v) is 7.29. The molecule has 1 aromatic rings. The van der Waals surface area contributed by atoms with Gasteiger partial charge in [-0.3, -0.25) is 0 Å². The molecule has 3 unspecified atom stereocenters. The molecule has 3 atom stereocenters. The lowest BCUT2D eigenvalue weighted by atomic mass is 9.91. The van der Waals surface area contributed by atoms with E-state index in [9.17, 15) is 0 Å². The number of benzene rings is 1. The molecule has 0 aromatic heterocycles. The lowest BCUT2D eigenvalue weighted by molar-refractivity contribution is -0.132. The van der Waals surface area contributed by atoms with Crippen LogP contribution in [0.2, 0.25) is 0 Å². The maximum Gasteiger partial charge on any atom is 0.119 e. The van der Waals surface area contributed by atoms with Crippen LogP contribution in [0.15, 0.2) is 30.3 Å². The molecule has 5 heteroatoms. The monoisotopic (exact) mass is 300 g/mol. The van der Waals surface area contributed by atoms with Crippen LogP contribution in [0, 0.1) is 0 Å². The van der Waals surface area contributed by atoms with Gasteiger partial charge in [0, 0.05) is 7.11 Å². The summed E-state index contributed by atoms with van der Waals surface area (Å²) in [5.74, 6) is 0.854. The van der Waals surface area contributed by atoms with Gasteiger partial charge in [0.25, 0.3) is 0 Å². The minimum atomic E-state index is -0.0384. The summed E-state index contributed by atoms with van der Waals surface area (Å²) in [5.41, 5.74) is 0. The molecule has 112 valence electrons. The highest BCUT2D eigenvalue weighted by Gasteiger charge is 2.41. The second-order valence-corrected chi connectivity index (χ2v) is 5.21. The second-order valence-electron chi connectivity index (χ2n) is 4.65. The summed E-state index contributed by atoms with van der Waals surface area (Å²) in [6.07, 6.45) is 0.849. The maximum absolute atomic E-state index is 6.12. The molecular weight excluding hydrogens is 280 g/mol. The first kappa shape index (κ1) is 15.6. The molecule has 0 saturated heterocycles. The van der Waals surface area contributed by atoms with Crippen LogP contribution in [0.1, 0.15) is 6.42 Å². The summed E-state index contributed by atoms with van der Waals surface area (Å²) >= 11 is 6.12. The first-order valence-electron chi connectivity index (χ1n) is 6.85. The van der Waals surface area contributed by atoms with E-state index in [0.29, 0.717) is 26.4 Å². The van der Waals surface area contributed by atoms with Gasteiger partial charge in [-0.25, -0.2) is 0 Å². The van der Waals surface area contributed by atoms with Gasteiger partial charge in [-0.2, -0.15) is 0 Å². The second kappa shape index (κ2) is 8.47. The average molecular weight is 301 g/mol. The van der Waals surface area contributed by atoms with E-state index >= 15 is 0 Å². The zero-order chi connectivity index (χ0) is 14.2. The van der Waals surface area contributed by atoms with Crippen molar-refractivity contribution in [3.63, 3.8) is 0 Å². The smallest absolute Gasteiger partial charge is 0.119 e. The molecule has 1 aliphatic rings. The molecule has 1 aromatic carbocycles. The van der Waals surface area contributed by atoms with Gasteiger partial charge in [-0.05, 0) is 18.6 Å². The van der Waals surface area contributed by atoms with Crippen LogP contribution in [-0.2, 0) is 14.2 Å². The Labute approximate surface area is 124 Å². The Morgan fingerprint density at radius 1 is 1.05 bits per heavy atom. The Morgan fingerprint density at radius 2 is 1.80 bits per heavy atom. The molecule has 0 bridgehead atoms. The van der Waals surface area contributed by atoms with E-state index in [1.165, 1.54) is 0 Å². The fourth-order valence-corrected chi connectivity index (χ4v) is 2.46. The van der Waals surface area contributed by atoms with Crippen molar-refractivity contribution in [2.75, 3.05) is 33.5 Å². The van der Waals surface area contributed by atoms with Gasteiger partial charge in [-0.15, -0.1) is 11.6 Å². The summed E-state index contributed by atoms with van der Waals surface area (Å²) in [7, 11) is 1.65. The van der Waals surface area contributed by atoms with E-state index in [4.69, 9.17) is 30.5 Å². The first-order chi connectivity index (χ1) is 9.81. The minimum absolute atomic E-state index is 0.0342. The molecule has 4 nitrogen and oxygen atoms in total. The van der Waals surface area contributed by atoms with Gasteiger partial charge in [-0.1, -0.05) is 18.2 Å². The molecule has 0 spiro atoms. The molecule has 0 amide bonds. The third-order valence-corrected chi connectivity index (χ3v) is 3.63. The molecular formula is C15H21ClO4. The van der Waals surface area contributed by atoms with E-state index in [-0.39, 0.29) is 17.6 Å². The summed E-state index contributed by atoms with van der Waals surface area (Å²) < 4.78 is 21.9. The molecule has 20 heavy (non-hydrogen) atoms. The third-order valence-electron chi connectivity index (χ3n) is 3.21. The normalized spacial score (nSPS) is 25.2. The quantitative estimate of drug-likeness (QED) is 0.519. The van der Waals surface area contributed by atoms with Gasteiger partial charge in [0.1, 0.15) is 18.5 Å². The van der Waals surface area contributed by atoms with Crippen LogP contribution in [0.25, 0.3) is 0 Å². The Morgan fingerprint density at radius 3 is 2.50 bits per heavy atom. The number of hydrogen-bond acceptors (Lipinski definition) is 4. The number of methoxy groups -OCH3 is 1. The molecule has 0 N–H and O–H groups in total. The van der Waals surface area contributed by atoms with Crippen molar-refractivity contribution in [3.8, 4) is 5.75 Å². The standard InChI is InChI=1S/C15H21ClO4/c1-17-7-8-20-15-13(16)11-14(15)19-10-9-18-12-5-3-2-4-6-12/h2-6,13-15H,7-11H2,1H3. The van der Waals surface area contributed by atoms with Crippen molar-refractivity contribution >= 4 is 11.6 Å². The number of alkyl halides is 1. The predicted octanol–water partition coefficient (Wildman–Crippen LogP) is 2.49. The van der Waals surface area contributed by atoms with Crippen molar-refractivity contribution in [3.05, 3.63) is 30.3 Å². The Bertz CT molecular complexity index is 373. The number of rotatable bonds is 9. The number of ether oxygens (including phenoxy) is 4. The van der Waals surface area contributed by atoms with E-state index in [0.717, 1.165) is 12.2 Å². The average Bonchev–Trinajstić information content (AvgIpc) is 2.48. The Balaban J connectivity index is 1.59. The Kier molecular flexibility index (Phi) is 6.60. The maximum atomic E-state index is 6.12. The predicted molar refractivity (Wildman–Crippen MR) is 77.6 cm³/mol. The topological polar surface area (TPSA) is 36.9 Å².